The van der Waals surface area contributed by atoms with Crippen molar-refractivity contribution in [1.82, 2.24) is 4.98 Å². The third-order valence-electron chi connectivity index (χ3n) is 3.30. The molecule has 3 aromatic rings. The van der Waals surface area contributed by atoms with Gasteiger partial charge in [0.2, 0.25) is 0 Å². The molecule has 1 amide bonds. The van der Waals surface area contributed by atoms with Crippen LogP contribution < -0.4 is 5.32 Å². The van der Waals surface area contributed by atoms with Gasteiger partial charge in [-0.05, 0) is 30.0 Å². The number of benzene rings is 2. The number of hydrogen-bond acceptors (Lipinski definition) is 3. The van der Waals surface area contributed by atoms with Gasteiger partial charge in [-0.1, -0.05) is 36.4 Å². The number of amides is 1. The molecule has 0 saturated carbocycles. The van der Waals surface area contributed by atoms with Crippen LogP contribution in [0.3, 0.4) is 0 Å². The fraction of sp³-hybridized carbons (Fsp3) is 0.0588. The van der Waals surface area contributed by atoms with E-state index in [-0.39, 0.29) is 17.2 Å². The van der Waals surface area contributed by atoms with Crippen LogP contribution >= 0.6 is 0 Å². The fourth-order valence-electron chi connectivity index (χ4n) is 2.16. The highest BCUT2D eigenvalue weighted by molar-refractivity contribution is 6.09. The zero-order valence-corrected chi connectivity index (χ0v) is 11.5. The SMILES string of the molecule is Cc1ccc(NC(=O)c2ccc3ccccc3c2O)nc1. The Balaban J connectivity index is 1.94. The Bertz CT molecular complexity index is 811. The van der Waals surface area contributed by atoms with E-state index in [1.54, 1.807) is 24.4 Å². The predicted molar refractivity (Wildman–Crippen MR) is 82.5 cm³/mol. The van der Waals surface area contributed by atoms with Crippen molar-refractivity contribution < 1.29 is 9.90 Å². The molecule has 0 spiro atoms. The second-order valence-corrected chi connectivity index (χ2v) is 4.86. The summed E-state index contributed by atoms with van der Waals surface area (Å²) in [6.07, 6.45) is 1.68. The molecule has 0 bridgehead atoms. The first-order valence-electron chi connectivity index (χ1n) is 6.60. The Labute approximate surface area is 122 Å². The lowest BCUT2D eigenvalue weighted by Crippen LogP contribution is -2.13. The van der Waals surface area contributed by atoms with Gasteiger partial charge in [-0.3, -0.25) is 4.79 Å². The van der Waals surface area contributed by atoms with E-state index in [4.69, 9.17) is 0 Å². The summed E-state index contributed by atoms with van der Waals surface area (Å²) in [4.78, 5) is 16.4. The van der Waals surface area contributed by atoms with Crippen LogP contribution in [-0.2, 0) is 0 Å². The van der Waals surface area contributed by atoms with Crippen LogP contribution in [-0.4, -0.2) is 16.0 Å². The molecule has 0 aliphatic heterocycles. The molecule has 0 saturated heterocycles. The van der Waals surface area contributed by atoms with Crippen molar-refractivity contribution in [2.75, 3.05) is 5.32 Å². The average Bonchev–Trinajstić information content (AvgIpc) is 2.50. The zero-order valence-electron chi connectivity index (χ0n) is 11.5. The topological polar surface area (TPSA) is 62.2 Å². The number of aryl methyl sites for hydroxylation is 1. The summed E-state index contributed by atoms with van der Waals surface area (Å²) < 4.78 is 0. The van der Waals surface area contributed by atoms with Crippen LogP contribution in [0.25, 0.3) is 10.8 Å². The van der Waals surface area contributed by atoms with Crippen molar-refractivity contribution in [1.29, 1.82) is 0 Å². The number of nitrogens with one attached hydrogen (secondary N) is 1. The number of fused-ring (bicyclic) bond motifs is 1. The van der Waals surface area contributed by atoms with Crippen LogP contribution in [0.5, 0.6) is 5.75 Å². The van der Waals surface area contributed by atoms with Gasteiger partial charge in [0, 0.05) is 11.6 Å². The van der Waals surface area contributed by atoms with Crippen molar-refractivity contribution in [3.63, 3.8) is 0 Å². The van der Waals surface area contributed by atoms with E-state index in [1.165, 1.54) is 0 Å². The molecule has 1 aromatic heterocycles. The molecule has 4 nitrogen and oxygen atoms in total. The van der Waals surface area contributed by atoms with Crippen LogP contribution in [0.4, 0.5) is 5.82 Å². The zero-order chi connectivity index (χ0) is 14.8. The Morgan fingerprint density at radius 1 is 1.10 bits per heavy atom. The number of pyridine rings is 1. The third-order valence-corrected chi connectivity index (χ3v) is 3.30. The van der Waals surface area contributed by atoms with Crippen molar-refractivity contribution in [3.05, 3.63) is 65.9 Å². The summed E-state index contributed by atoms with van der Waals surface area (Å²) in [6.45, 7) is 1.92. The maximum Gasteiger partial charge on any atom is 0.260 e. The number of rotatable bonds is 2. The lowest BCUT2D eigenvalue weighted by molar-refractivity contribution is 0.102. The van der Waals surface area contributed by atoms with E-state index < -0.39 is 0 Å². The quantitative estimate of drug-likeness (QED) is 0.754. The number of carbonyl (C=O) groups excluding carboxylic acids is 1. The molecule has 0 atom stereocenters. The summed E-state index contributed by atoms with van der Waals surface area (Å²) in [7, 11) is 0. The smallest absolute Gasteiger partial charge is 0.260 e. The predicted octanol–water partition coefficient (Wildman–Crippen LogP) is 3.50. The minimum absolute atomic E-state index is 0.0160. The molecular weight excluding hydrogens is 264 g/mol. The van der Waals surface area contributed by atoms with Crippen LogP contribution in [0.15, 0.2) is 54.7 Å². The molecule has 0 fully saturated rings. The summed E-state index contributed by atoms with van der Waals surface area (Å²) in [6, 6.07) is 14.4. The number of hydrogen-bond donors (Lipinski definition) is 2. The molecule has 1 heterocycles. The van der Waals surface area contributed by atoms with E-state index in [0.29, 0.717) is 11.2 Å². The molecule has 0 aliphatic rings. The molecule has 104 valence electrons. The van der Waals surface area contributed by atoms with Gasteiger partial charge in [-0.15, -0.1) is 0 Å². The number of phenolic OH excluding ortho intramolecular Hbond substituents is 1. The molecule has 2 N–H and O–H groups in total. The lowest BCUT2D eigenvalue weighted by Gasteiger charge is -2.08. The summed E-state index contributed by atoms with van der Waals surface area (Å²) in [5, 5.41) is 14.5. The van der Waals surface area contributed by atoms with Crippen molar-refractivity contribution in [2.45, 2.75) is 6.92 Å². The number of aromatic nitrogens is 1. The van der Waals surface area contributed by atoms with Gasteiger partial charge < -0.3 is 10.4 Å². The van der Waals surface area contributed by atoms with Gasteiger partial charge in [-0.25, -0.2) is 4.98 Å². The number of aromatic hydroxyl groups is 1. The summed E-state index contributed by atoms with van der Waals surface area (Å²) in [5.74, 6) is 0.0606. The molecular formula is C17H14N2O2. The minimum atomic E-state index is -0.380. The number of phenols is 1. The average molecular weight is 278 g/mol. The monoisotopic (exact) mass is 278 g/mol. The Morgan fingerprint density at radius 2 is 1.90 bits per heavy atom. The maximum atomic E-state index is 12.3. The van der Waals surface area contributed by atoms with E-state index in [1.807, 2.05) is 37.3 Å². The van der Waals surface area contributed by atoms with E-state index in [0.717, 1.165) is 10.9 Å². The van der Waals surface area contributed by atoms with E-state index >= 15 is 0 Å². The Kier molecular flexibility index (Phi) is 3.28. The van der Waals surface area contributed by atoms with Gasteiger partial charge >= 0.3 is 0 Å². The lowest BCUT2D eigenvalue weighted by atomic mass is 10.0. The van der Waals surface area contributed by atoms with Gasteiger partial charge in [0.25, 0.3) is 5.91 Å². The molecule has 0 aliphatic carbocycles. The minimum Gasteiger partial charge on any atom is -0.506 e. The van der Waals surface area contributed by atoms with Gasteiger partial charge in [-0.2, -0.15) is 0 Å². The first-order valence-corrected chi connectivity index (χ1v) is 6.60. The van der Waals surface area contributed by atoms with Crippen molar-refractivity contribution in [3.8, 4) is 5.75 Å². The summed E-state index contributed by atoms with van der Waals surface area (Å²) >= 11 is 0. The molecule has 21 heavy (non-hydrogen) atoms. The first kappa shape index (κ1) is 13.1. The Hall–Kier alpha value is -2.88. The molecule has 2 aromatic carbocycles. The van der Waals surface area contributed by atoms with Gasteiger partial charge in [0.15, 0.2) is 0 Å². The maximum absolute atomic E-state index is 12.3. The molecule has 3 rings (SSSR count). The summed E-state index contributed by atoms with van der Waals surface area (Å²) in [5.41, 5.74) is 1.25. The van der Waals surface area contributed by atoms with Crippen LogP contribution in [0.1, 0.15) is 15.9 Å². The molecule has 0 radical (unpaired) electrons. The molecule has 0 unspecified atom stereocenters. The van der Waals surface area contributed by atoms with E-state index in [2.05, 4.69) is 10.3 Å². The van der Waals surface area contributed by atoms with Gasteiger partial charge in [0.1, 0.15) is 11.6 Å². The number of carbonyl (C=O) groups is 1. The normalized spacial score (nSPS) is 10.5. The van der Waals surface area contributed by atoms with Crippen LogP contribution in [0.2, 0.25) is 0 Å². The largest absolute Gasteiger partial charge is 0.506 e. The number of nitrogens with zero attached hydrogens (tertiary/aromatic N) is 1. The van der Waals surface area contributed by atoms with Crippen molar-refractivity contribution in [2.24, 2.45) is 0 Å². The number of anilines is 1. The van der Waals surface area contributed by atoms with E-state index in [9.17, 15) is 9.90 Å². The van der Waals surface area contributed by atoms with Crippen molar-refractivity contribution >= 4 is 22.5 Å². The highest BCUT2D eigenvalue weighted by Gasteiger charge is 2.14. The first-order chi connectivity index (χ1) is 10.1. The second kappa shape index (κ2) is 5.25. The fourth-order valence-corrected chi connectivity index (χ4v) is 2.16. The van der Waals surface area contributed by atoms with Crippen LogP contribution in [0, 0.1) is 6.92 Å². The van der Waals surface area contributed by atoms with Gasteiger partial charge in [0.05, 0.1) is 5.56 Å². The standard InChI is InChI=1S/C17H14N2O2/c1-11-6-9-15(18-10-11)19-17(21)14-8-7-12-4-2-3-5-13(12)16(14)20/h2-10,20H,1H3,(H,18,19,21). The second-order valence-electron chi connectivity index (χ2n) is 4.86. The molecule has 4 heteroatoms. The third kappa shape index (κ3) is 2.56. The Morgan fingerprint density at radius 3 is 2.67 bits per heavy atom. The highest BCUT2D eigenvalue weighted by Crippen LogP contribution is 2.28. The highest BCUT2D eigenvalue weighted by atomic mass is 16.3.